The summed E-state index contributed by atoms with van der Waals surface area (Å²) in [5.41, 5.74) is 4.92. The van der Waals surface area contributed by atoms with Gasteiger partial charge in [0.2, 0.25) is 0 Å². The van der Waals surface area contributed by atoms with Crippen molar-refractivity contribution in [1.82, 2.24) is 24.8 Å². The lowest BCUT2D eigenvalue weighted by Gasteiger charge is -2.20. The Bertz CT molecular complexity index is 1080. The lowest BCUT2D eigenvalue weighted by atomic mass is 10.3. The van der Waals surface area contributed by atoms with Crippen molar-refractivity contribution in [3.8, 4) is 0 Å². The highest BCUT2D eigenvalue weighted by Crippen LogP contribution is 2.24. The van der Waals surface area contributed by atoms with Gasteiger partial charge < -0.3 is 4.40 Å². The van der Waals surface area contributed by atoms with Crippen molar-refractivity contribution in [3.63, 3.8) is 0 Å². The molecule has 4 aromatic rings. The van der Waals surface area contributed by atoms with Crippen molar-refractivity contribution in [2.24, 2.45) is 0 Å². The van der Waals surface area contributed by atoms with Crippen LogP contribution in [0.15, 0.2) is 55.1 Å². The number of nitrogens with one attached hydrogen (secondary N) is 1. The molecule has 4 rings (SSSR count). The highest BCUT2D eigenvalue weighted by atomic mass is 19.1. The van der Waals surface area contributed by atoms with Gasteiger partial charge in [-0.05, 0) is 24.3 Å². The normalized spacial score (nSPS) is 11.0. The van der Waals surface area contributed by atoms with E-state index in [-0.39, 0.29) is 11.5 Å². The summed E-state index contributed by atoms with van der Waals surface area (Å²) in [5.74, 6) is -0.300. The summed E-state index contributed by atoms with van der Waals surface area (Å²) in [7, 11) is 1.66. The Morgan fingerprint density at radius 3 is 2.92 bits per heavy atom. The molecule has 3 aromatic heterocycles. The molecule has 0 atom stereocenters. The molecule has 7 nitrogen and oxygen atoms in total. The van der Waals surface area contributed by atoms with Crippen molar-refractivity contribution >= 4 is 28.3 Å². The van der Waals surface area contributed by atoms with Crippen LogP contribution in [0.3, 0.4) is 0 Å². The molecule has 0 spiro atoms. The van der Waals surface area contributed by atoms with E-state index in [1.54, 1.807) is 13.1 Å². The fourth-order valence-electron chi connectivity index (χ4n) is 2.66. The summed E-state index contributed by atoms with van der Waals surface area (Å²) < 4.78 is 15.5. The minimum atomic E-state index is -0.415. The molecule has 0 radical (unpaired) electrons. The van der Waals surface area contributed by atoms with Gasteiger partial charge in [-0.1, -0.05) is 0 Å². The number of rotatable bonds is 3. The van der Waals surface area contributed by atoms with E-state index in [0.29, 0.717) is 11.3 Å². The van der Waals surface area contributed by atoms with Gasteiger partial charge in [0.25, 0.3) is 5.91 Å². The molecule has 0 bridgehead atoms. The first-order valence-corrected chi connectivity index (χ1v) is 7.50. The average Bonchev–Trinajstić information content (AvgIpc) is 3.11. The number of benzene rings is 1. The Labute approximate surface area is 141 Å². The van der Waals surface area contributed by atoms with Gasteiger partial charge in [-0.3, -0.25) is 20.2 Å². The van der Waals surface area contributed by atoms with Crippen molar-refractivity contribution in [3.05, 3.63) is 66.6 Å². The van der Waals surface area contributed by atoms with Gasteiger partial charge in [0.05, 0.1) is 22.7 Å². The topological polar surface area (TPSA) is 75.4 Å². The summed E-state index contributed by atoms with van der Waals surface area (Å²) >= 11 is 0. The second-order valence-electron chi connectivity index (χ2n) is 5.42. The number of hydrogen-bond acceptors (Lipinski definition) is 5. The molecule has 0 aliphatic rings. The molecule has 0 saturated heterocycles. The highest BCUT2D eigenvalue weighted by molar-refractivity contribution is 5.94. The molecule has 0 fully saturated rings. The molecule has 8 heteroatoms. The van der Waals surface area contributed by atoms with Gasteiger partial charge in [-0.2, -0.15) is 0 Å². The third kappa shape index (κ3) is 2.63. The third-order valence-electron chi connectivity index (χ3n) is 3.78. The lowest BCUT2D eigenvalue weighted by molar-refractivity contribution is 0.0946. The smallest absolute Gasteiger partial charge is 0.290 e. The van der Waals surface area contributed by atoms with Crippen LogP contribution in [0, 0.1) is 5.82 Å². The Balaban J connectivity index is 1.76. The van der Waals surface area contributed by atoms with E-state index in [4.69, 9.17) is 0 Å². The first kappa shape index (κ1) is 15.0. The maximum Gasteiger partial charge on any atom is 0.290 e. The summed E-state index contributed by atoms with van der Waals surface area (Å²) in [5, 5.41) is 1.48. The Morgan fingerprint density at radius 2 is 2.12 bits per heavy atom. The van der Waals surface area contributed by atoms with Gasteiger partial charge in [0.15, 0.2) is 5.82 Å². The van der Waals surface area contributed by atoms with Crippen LogP contribution in [0.5, 0.6) is 0 Å². The van der Waals surface area contributed by atoms with Crippen LogP contribution in [0.25, 0.3) is 16.6 Å². The predicted molar refractivity (Wildman–Crippen MR) is 90.6 cm³/mol. The molecule has 124 valence electrons. The number of aromatic nitrogens is 4. The number of halogens is 1. The van der Waals surface area contributed by atoms with Gasteiger partial charge >= 0.3 is 0 Å². The van der Waals surface area contributed by atoms with Gasteiger partial charge in [-0.15, -0.1) is 0 Å². The van der Waals surface area contributed by atoms with Crippen LogP contribution in [0.1, 0.15) is 10.5 Å². The Hall–Kier alpha value is -3.55. The molecular weight excluding hydrogens is 323 g/mol. The zero-order valence-corrected chi connectivity index (χ0v) is 13.2. The fraction of sp³-hybridized carbons (Fsp3) is 0.0588. The third-order valence-corrected chi connectivity index (χ3v) is 3.78. The summed E-state index contributed by atoms with van der Waals surface area (Å²) in [6, 6.07) is 8.16. The molecule has 1 N–H and O–H groups in total. The monoisotopic (exact) mass is 336 g/mol. The molecule has 0 unspecified atom stereocenters. The van der Waals surface area contributed by atoms with Crippen LogP contribution in [-0.2, 0) is 0 Å². The van der Waals surface area contributed by atoms with E-state index in [1.807, 2.05) is 22.7 Å². The number of nitrogens with zero attached hydrogens (tertiary/aromatic N) is 5. The second kappa shape index (κ2) is 5.82. The minimum absolute atomic E-state index is 0.188. The van der Waals surface area contributed by atoms with Crippen molar-refractivity contribution in [2.75, 3.05) is 12.1 Å². The first-order valence-electron chi connectivity index (χ1n) is 7.50. The van der Waals surface area contributed by atoms with Crippen LogP contribution in [0.4, 0.5) is 10.2 Å². The maximum absolute atomic E-state index is 13.6. The van der Waals surface area contributed by atoms with Crippen molar-refractivity contribution in [1.29, 1.82) is 0 Å². The number of amides is 1. The van der Waals surface area contributed by atoms with E-state index in [2.05, 4.69) is 20.4 Å². The summed E-state index contributed by atoms with van der Waals surface area (Å²) in [4.78, 5) is 24.6. The average molecular weight is 336 g/mol. The molecule has 0 saturated carbocycles. The zero-order chi connectivity index (χ0) is 17.4. The first-order chi connectivity index (χ1) is 12.1. The molecule has 0 aliphatic heterocycles. The number of fused-ring (bicyclic) bond motifs is 3. The van der Waals surface area contributed by atoms with Crippen molar-refractivity contribution in [2.45, 2.75) is 0 Å². The van der Waals surface area contributed by atoms with Crippen LogP contribution < -0.4 is 10.4 Å². The zero-order valence-electron chi connectivity index (χ0n) is 13.2. The van der Waals surface area contributed by atoms with Crippen LogP contribution >= 0.6 is 0 Å². The van der Waals surface area contributed by atoms with E-state index >= 15 is 0 Å². The molecule has 3 heterocycles. The van der Waals surface area contributed by atoms with Gasteiger partial charge in [0, 0.05) is 31.7 Å². The quantitative estimate of drug-likeness (QED) is 0.581. The van der Waals surface area contributed by atoms with Crippen LogP contribution in [-0.4, -0.2) is 32.3 Å². The molecule has 1 amide bonds. The van der Waals surface area contributed by atoms with Gasteiger partial charge in [0.1, 0.15) is 11.5 Å². The second-order valence-corrected chi connectivity index (χ2v) is 5.42. The molecule has 25 heavy (non-hydrogen) atoms. The van der Waals surface area contributed by atoms with Gasteiger partial charge in [-0.25, -0.2) is 14.4 Å². The summed E-state index contributed by atoms with van der Waals surface area (Å²) in [6.45, 7) is 0. The van der Waals surface area contributed by atoms with Crippen LogP contribution in [0.2, 0.25) is 0 Å². The molecular formula is C17H13FN6O. The van der Waals surface area contributed by atoms with E-state index < -0.39 is 5.91 Å². The summed E-state index contributed by atoms with van der Waals surface area (Å²) in [6.07, 6.45) is 6.17. The number of carbonyl (C=O) groups is 1. The highest BCUT2D eigenvalue weighted by Gasteiger charge is 2.15. The standard InChI is InChI=1S/C17H13FN6O/c1-23(22-17(25)13-10-19-6-7-20-13)16-15-3-2-8-24(15)14-5-4-11(18)9-12(14)21-16/h2-10H,1H3,(H,22,25). The fourth-order valence-corrected chi connectivity index (χ4v) is 2.66. The minimum Gasteiger partial charge on any atom is -0.312 e. The number of carbonyl (C=O) groups excluding carboxylic acids is 1. The van der Waals surface area contributed by atoms with Crippen molar-refractivity contribution < 1.29 is 9.18 Å². The number of anilines is 1. The Morgan fingerprint density at radius 1 is 1.24 bits per heavy atom. The number of hydrazine groups is 1. The molecule has 0 aliphatic carbocycles. The molecule has 1 aromatic carbocycles. The predicted octanol–water partition coefficient (Wildman–Crippen LogP) is 2.20. The lowest BCUT2D eigenvalue weighted by Crippen LogP contribution is -2.40. The van der Waals surface area contributed by atoms with E-state index in [9.17, 15) is 9.18 Å². The Kier molecular flexibility index (Phi) is 3.50. The maximum atomic E-state index is 13.6. The SMILES string of the molecule is CN(NC(=O)c1cnccn1)c1nc2cc(F)ccc2n2cccc12. The number of hydrogen-bond donors (Lipinski definition) is 1. The van der Waals surface area contributed by atoms with E-state index in [1.165, 1.54) is 35.7 Å². The van der Waals surface area contributed by atoms with E-state index in [0.717, 1.165) is 11.0 Å². The largest absolute Gasteiger partial charge is 0.312 e.